The molecule has 146 valence electrons. The van der Waals surface area contributed by atoms with E-state index in [4.69, 9.17) is 0 Å². The normalized spacial score (nSPS) is 11.2. The first-order valence-corrected chi connectivity index (χ1v) is 10.7. The zero-order valence-corrected chi connectivity index (χ0v) is 17.1. The van der Waals surface area contributed by atoms with Crippen molar-refractivity contribution in [3.8, 4) is 0 Å². The molecule has 0 saturated carbocycles. The topological polar surface area (TPSA) is 66.5 Å². The first-order chi connectivity index (χ1) is 12.8. The van der Waals surface area contributed by atoms with E-state index in [0.717, 1.165) is 30.4 Å². The Morgan fingerprint density at radius 2 is 1.63 bits per heavy atom. The van der Waals surface area contributed by atoms with Crippen LogP contribution in [0.15, 0.2) is 53.4 Å². The van der Waals surface area contributed by atoms with Crippen LogP contribution in [0.1, 0.15) is 37.3 Å². The lowest BCUT2D eigenvalue weighted by molar-refractivity contribution is -0.120. The first-order valence-electron chi connectivity index (χ1n) is 9.26. The maximum atomic E-state index is 12.7. The molecule has 2 rings (SSSR count). The van der Waals surface area contributed by atoms with Crippen LogP contribution in [-0.2, 0) is 21.2 Å². The molecule has 0 atom stereocenters. The van der Waals surface area contributed by atoms with Gasteiger partial charge in [0.25, 0.3) is 10.0 Å². The molecule has 1 N–H and O–H groups in total. The summed E-state index contributed by atoms with van der Waals surface area (Å²) in [5.74, 6) is -0.0144. The third kappa shape index (κ3) is 5.82. The summed E-state index contributed by atoms with van der Waals surface area (Å²) in [5.41, 5.74) is 2.42. The molecule has 0 heterocycles. The van der Waals surface area contributed by atoms with E-state index in [1.807, 2.05) is 6.92 Å². The molecule has 0 aliphatic carbocycles. The molecule has 6 heteroatoms. The van der Waals surface area contributed by atoms with Crippen LogP contribution < -0.4 is 9.62 Å². The van der Waals surface area contributed by atoms with Crippen LogP contribution in [-0.4, -0.2) is 27.9 Å². The molecule has 0 fully saturated rings. The molecular weight excluding hydrogens is 360 g/mol. The lowest BCUT2D eigenvalue weighted by atomic mass is 10.1. The van der Waals surface area contributed by atoms with Gasteiger partial charge >= 0.3 is 0 Å². The highest BCUT2D eigenvalue weighted by molar-refractivity contribution is 7.92. The van der Waals surface area contributed by atoms with Crippen molar-refractivity contribution < 1.29 is 13.2 Å². The molecule has 0 aliphatic heterocycles. The van der Waals surface area contributed by atoms with E-state index in [0.29, 0.717) is 18.7 Å². The number of sulfonamides is 1. The average Bonchev–Trinajstić information content (AvgIpc) is 2.65. The fourth-order valence-electron chi connectivity index (χ4n) is 2.68. The number of rotatable bonds is 9. The average molecular weight is 389 g/mol. The van der Waals surface area contributed by atoms with E-state index in [1.54, 1.807) is 48.5 Å². The fraction of sp³-hybridized carbons (Fsp3) is 0.381. The summed E-state index contributed by atoms with van der Waals surface area (Å²) in [6, 6.07) is 13.8. The molecule has 0 aromatic heterocycles. The van der Waals surface area contributed by atoms with Gasteiger partial charge in [-0.25, -0.2) is 8.42 Å². The number of nitrogens with zero attached hydrogens (tertiary/aromatic N) is 1. The van der Waals surface area contributed by atoms with E-state index in [9.17, 15) is 13.2 Å². The van der Waals surface area contributed by atoms with Gasteiger partial charge in [-0.15, -0.1) is 0 Å². The van der Waals surface area contributed by atoms with Crippen LogP contribution in [0.5, 0.6) is 0 Å². The molecule has 1 amide bonds. The largest absolute Gasteiger partial charge is 0.356 e. The summed E-state index contributed by atoms with van der Waals surface area (Å²) in [6.07, 6.45) is 3.51. The number of anilines is 1. The van der Waals surface area contributed by atoms with Crippen LogP contribution in [0, 0.1) is 6.92 Å². The number of nitrogens with one attached hydrogen (secondary N) is 1. The third-order valence-corrected chi connectivity index (χ3v) is 6.25. The molecule has 0 radical (unpaired) electrons. The number of carbonyl (C=O) groups is 1. The molecule has 5 nitrogen and oxygen atoms in total. The van der Waals surface area contributed by atoms with Crippen molar-refractivity contribution in [1.29, 1.82) is 0 Å². The minimum atomic E-state index is -3.61. The third-order valence-electron chi connectivity index (χ3n) is 4.45. The molecular formula is C21H28N2O3S. The van der Waals surface area contributed by atoms with Crippen molar-refractivity contribution in [2.45, 2.75) is 44.4 Å². The highest BCUT2D eigenvalue weighted by Gasteiger charge is 2.21. The van der Waals surface area contributed by atoms with Crippen molar-refractivity contribution in [3.63, 3.8) is 0 Å². The Kier molecular flexibility index (Phi) is 7.42. The van der Waals surface area contributed by atoms with Crippen LogP contribution in [0.2, 0.25) is 0 Å². The number of aryl methyl sites for hydroxylation is 1. The Hall–Kier alpha value is -2.34. The molecule has 0 saturated heterocycles. The zero-order chi connectivity index (χ0) is 19.9. The molecule has 0 aliphatic rings. The minimum absolute atomic E-state index is 0.0144. The van der Waals surface area contributed by atoms with Gasteiger partial charge in [-0.2, -0.15) is 0 Å². The van der Waals surface area contributed by atoms with Crippen molar-refractivity contribution in [2.75, 3.05) is 17.9 Å². The predicted octanol–water partition coefficient (Wildman–Crippen LogP) is 3.67. The Balaban J connectivity index is 2.01. The van der Waals surface area contributed by atoms with Gasteiger partial charge in [0.15, 0.2) is 0 Å². The van der Waals surface area contributed by atoms with E-state index in [2.05, 4.69) is 12.2 Å². The van der Waals surface area contributed by atoms with Crippen LogP contribution in [0.25, 0.3) is 0 Å². The number of benzene rings is 2. The Morgan fingerprint density at radius 1 is 1.00 bits per heavy atom. The molecule has 0 unspecified atom stereocenters. The highest BCUT2D eigenvalue weighted by atomic mass is 32.2. The Bertz CT molecular complexity index is 844. The summed E-state index contributed by atoms with van der Waals surface area (Å²) >= 11 is 0. The van der Waals surface area contributed by atoms with Gasteiger partial charge in [0.05, 0.1) is 17.0 Å². The van der Waals surface area contributed by atoms with Crippen LogP contribution in [0.4, 0.5) is 5.69 Å². The number of carbonyl (C=O) groups excluding carboxylic acids is 1. The Labute approximate surface area is 162 Å². The predicted molar refractivity (Wildman–Crippen MR) is 109 cm³/mol. The number of unbranched alkanes of at least 4 members (excludes halogenated alkanes) is 2. The zero-order valence-electron chi connectivity index (χ0n) is 16.2. The van der Waals surface area contributed by atoms with Gasteiger partial charge < -0.3 is 5.32 Å². The summed E-state index contributed by atoms with van der Waals surface area (Å²) in [6.45, 7) is 4.74. The van der Waals surface area contributed by atoms with Crippen molar-refractivity contribution in [2.24, 2.45) is 0 Å². The highest BCUT2D eigenvalue weighted by Crippen LogP contribution is 2.22. The maximum absolute atomic E-state index is 12.7. The molecule has 0 spiro atoms. The number of hydrogen-bond donors (Lipinski definition) is 1. The van der Waals surface area contributed by atoms with Gasteiger partial charge in [-0.05, 0) is 43.2 Å². The van der Waals surface area contributed by atoms with Gasteiger partial charge in [-0.3, -0.25) is 9.10 Å². The fourth-order valence-corrected chi connectivity index (χ4v) is 3.88. The quantitative estimate of drug-likeness (QED) is 0.667. The monoisotopic (exact) mass is 388 g/mol. The van der Waals surface area contributed by atoms with Crippen molar-refractivity contribution >= 4 is 21.6 Å². The van der Waals surface area contributed by atoms with Crippen molar-refractivity contribution in [1.82, 2.24) is 5.32 Å². The van der Waals surface area contributed by atoms with E-state index in [-0.39, 0.29) is 10.8 Å². The lowest BCUT2D eigenvalue weighted by Gasteiger charge is -2.20. The molecule has 2 aromatic rings. The maximum Gasteiger partial charge on any atom is 0.264 e. The van der Waals surface area contributed by atoms with Crippen LogP contribution >= 0.6 is 0 Å². The number of hydrogen-bond acceptors (Lipinski definition) is 3. The second-order valence-electron chi connectivity index (χ2n) is 6.69. The van der Waals surface area contributed by atoms with Crippen LogP contribution in [0.3, 0.4) is 0 Å². The molecule has 27 heavy (non-hydrogen) atoms. The van der Waals surface area contributed by atoms with E-state index >= 15 is 0 Å². The van der Waals surface area contributed by atoms with Gasteiger partial charge in [0.1, 0.15) is 0 Å². The SMILES string of the molecule is CCCCCNC(=O)Cc1ccc(N(C)S(=O)(=O)c2ccc(C)cc2)cc1. The summed E-state index contributed by atoms with van der Waals surface area (Å²) < 4.78 is 26.7. The second-order valence-corrected chi connectivity index (χ2v) is 8.66. The Morgan fingerprint density at radius 3 is 2.22 bits per heavy atom. The lowest BCUT2D eigenvalue weighted by Crippen LogP contribution is -2.27. The summed E-state index contributed by atoms with van der Waals surface area (Å²) in [4.78, 5) is 12.2. The smallest absolute Gasteiger partial charge is 0.264 e. The van der Waals surface area contributed by atoms with E-state index < -0.39 is 10.0 Å². The van der Waals surface area contributed by atoms with Crippen molar-refractivity contribution in [3.05, 3.63) is 59.7 Å². The standard InChI is InChI=1S/C21H28N2O3S/c1-4-5-6-15-22-21(24)16-18-9-11-19(12-10-18)23(3)27(25,26)20-13-7-17(2)8-14-20/h7-14H,4-6,15-16H2,1-3H3,(H,22,24). The summed E-state index contributed by atoms with van der Waals surface area (Å²) in [5, 5.41) is 2.91. The second kappa shape index (κ2) is 9.55. The number of amides is 1. The summed E-state index contributed by atoms with van der Waals surface area (Å²) in [7, 11) is -2.08. The van der Waals surface area contributed by atoms with Gasteiger partial charge in [-0.1, -0.05) is 49.6 Å². The first kappa shape index (κ1) is 21.0. The van der Waals surface area contributed by atoms with E-state index in [1.165, 1.54) is 11.4 Å². The minimum Gasteiger partial charge on any atom is -0.356 e. The molecule has 2 aromatic carbocycles. The van der Waals surface area contributed by atoms with Gasteiger partial charge in [0.2, 0.25) is 5.91 Å². The molecule has 0 bridgehead atoms. The van der Waals surface area contributed by atoms with Gasteiger partial charge in [0, 0.05) is 13.6 Å².